The van der Waals surface area contributed by atoms with E-state index >= 15 is 0 Å². The molecule has 0 aliphatic heterocycles. The number of hydrogen-bond donors (Lipinski definition) is 0. The monoisotopic (exact) mass is 186 g/mol. The number of carbonyl (C=O) groups excluding carboxylic acids is 1. The van der Waals surface area contributed by atoms with Crippen LogP contribution in [0, 0.1) is 6.92 Å². The quantitative estimate of drug-likeness (QED) is 0.665. The maximum absolute atomic E-state index is 10.6. The van der Waals surface area contributed by atoms with Crippen molar-refractivity contribution in [1.29, 1.82) is 0 Å². The summed E-state index contributed by atoms with van der Waals surface area (Å²) in [4.78, 5) is 14.6. The predicted octanol–water partition coefficient (Wildman–Crippen LogP) is 0.907. The smallest absolute Gasteiger partial charge is 0.0900 e. The van der Waals surface area contributed by atoms with Gasteiger partial charge in [-0.2, -0.15) is 0 Å². The van der Waals surface area contributed by atoms with Gasteiger partial charge in [-0.15, -0.1) is 0 Å². The Morgan fingerprint density at radius 1 is 1.36 bits per heavy atom. The van der Waals surface area contributed by atoms with Crippen LogP contribution < -0.4 is 5.11 Å². The molecular formula is C11H8NO2-. The largest absolute Gasteiger partial charge is 0.543 e. The number of rotatable bonds is 1. The van der Waals surface area contributed by atoms with Gasteiger partial charge in [0.1, 0.15) is 0 Å². The Labute approximate surface area is 81.0 Å². The lowest BCUT2D eigenvalue weighted by Gasteiger charge is -2.06. The highest BCUT2D eigenvalue weighted by molar-refractivity contribution is 5.90. The van der Waals surface area contributed by atoms with E-state index in [1.54, 1.807) is 6.07 Å². The topological polar surface area (TPSA) is 53.0 Å². The summed E-state index contributed by atoms with van der Waals surface area (Å²) in [5.74, 6) is -1.24. The van der Waals surface area contributed by atoms with Crippen LogP contribution in [0.4, 0.5) is 0 Å². The molecule has 3 nitrogen and oxygen atoms in total. The van der Waals surface area contributed by atoms with E-state index < -0.39 is 5.97 Å². The third-order valence-electron chi connectivity index (χ3n) is 2.13. The van der Waals surface area contributed by atoms with Crippen molar-refractivity contribution >= 4 is 16.9 Å². The van der Waals surface area contributed by atoms with E-state index in [-0.39, 0.29) is 5.69 Å². The number of para-hydroxylation sites is 1. The molecule has 0 N–H and O–H groups in total. The fourth-order valence-corrected chi connectivity index (χ4v) is 1.45. The second kappa shape index (κ2) is 3.10. The van der Waals surface area contributed by atoms with Gasteiger partial charge in [0.15, 0.2) is 0 Å². The highest BCUT2D eigenvalue weighted by Gasteiger charge is 2.01. The van der Waals surface area contributed by atoms with Crippen LogP contribution in [0.3, 0.4) is 0 Å². The molecule has 2 aromatic rings. The van der Waals surface area contributed by atoms with Gasteiger partial charge in [-0.25, -0.2) is 4.98 Å². The molecule has 0 radical (unpaired) electrons. The molecule has 0 aliphatic carbocycles. The summed E-state index contributed by atoms with van der Waals surface area (Å²) >= 11 is 0. The molecule has 0 atom stereocenters. The molecule has 0 unspecified atom stereocenters. The molecular weight excluding hydrogens is 178 g/mol. The second-order valence-corrected chi connectivity index (χ2v) is 3.13. The Kier molecular flexibility index (Phi) is 1.93. The van der Waals surface area contributed by atoms with E-state index in [2.05, 4.69) is 4.98 Å². The van der Waals surface area contributed by atoms with Crippen molar-refractivity contribution < 1.29 is 9.90 Å². The molecule has 0 saturated carbocycles. The normalized spacial score (nSPS) is 10.4. The van der Waals surface area contributed by atoms with Crippen LogP contribution in [0.25, 0.3) is 10.9 Å². The molecule has 2 rings (SSSR count). The number of nitrogens with zero attached hydrogens (tertiary/aromatic N) is 1. The zero-order valence-electron chi connectivity index (χ0n) is 7.65. The van der Waals surface area contributed by atoms with Gasteiger partial charge in [0.2, 0.25) is 0 Å². The fraction of sp³-hybridized carbons (Fsp3) is 0.0909. The Bertz CT molecular complexity index is 506. The Hall–Kier alpha value is -1.90. The maximum Gasteiger partial charge on any atom is 0.0900 e. The van der Waals surface area contributed by atoms with Crippen molar-refractivity contribution in [2.75, 3.05) is 0 Å². The highest BCUT2D eigenvalue weighted by atomic mass is 16.4. The van der Waals surface area contributed by atoms with Gasteiger partial charge in [0.25, 0.3) is 0 Å². The first-order valence-corrected chi connectivity index (χ1v) is 4.26. The number of hydrogen-bond acceptors (Lipinski definition) is 3. The van der Waals surface area contributed by atoms with E-state index in [1.165, 1.54) is 6.07 Å². The van der Waals surface area contributed by atoms with Crippen molar-refractivity contribution in [2.45, 2.75) is 6.92 Å². The zero-order chi connectivity index (χ0) is 10.1. The van der Waals surface area contributed by atoms with Gasteiger partial charge >= 0.3 is 0 Å². The molecule has 1 heterocycles. The lowest BCUT2D eigenvalue weighted by molar-refractivity contribution is -0.255. The van der Waals surface area contributed by atoms with Crippen LogP contribution in [0.15, 0.2) is 30.3 Å². The van der Waals surface area contributed by atoms with Gasteiger partial charge in [-0.3, -0.25) is 0 Å². The summed E-state index contributed by atoms with van der Waals surface area (Å²) in [6.45, 7) is 1.86. The molecule has 1 aromatic carbocycles. The molecule has 0 amide bonds. The standard InChI is InChI=1S/C11H9NO2/c1-7-6-10(11(13)14)12-9-5-3-2-4-8(7)9/h2-6H,1H3,(H,13,14)/p-1. The van der Waals surface area contributed by atoms with Crippen molar-refractivity contribution in [2.24, 2.45) is 0 Å². The lowest BCUT2D eigenvalue weighted by atomic mass is 10.1. The molecule has 0 fully saturated rings. The predicted molar refractivity (Wildman–Crippen MR) is 50.8 cm³/mol. The van der Waals surface area contributed by atoms with Crippen LogP contribution in [0.1, 0.15) is 16.1 Å². The number of carbonyl (C=O) groups is 1. The average Bonchev–Trinajstić information content (AvgIpc) is 2.17. The Morgan fingerprint density at radius 2 is 2.07 bits per heavy atom. The lowest BCUT2D eigenvalue weighted by Crippen LogP contribution is -2.23. The van der Waals surface area contributed by atoms with Gasteiger partial charge in [0.05, 0.1) is 17.2 Å². The number of fused-ring (bicyclic) bond motifs is 1. The van der Waals surface area contributed by atoms with E-state index in [9.17, 15) is 9.90 Å². The summed E-state index contributed by atoms with van der Waals surface area (Å²) in [7, 11) is 0. The third-order valence-corrected chi connectivity index (χ3v) is 2.13. The summed E-state index contributed by atoms with van der Waals surface area (Å²) < 4.78 is 0. The van der Waals surface area contributed by atoms with Gasteiger partial charge in [0, 0.05) is 5.39 Å². The van der Waals surface area contributed by atoms with Gasteiger partial charge < -0.3 is 9.90 Å². The molecule has 1 aromatic heterocycles. The molecule has 14 heavy (non-hydrogen) atoms. The van der Waals surface area contributed by atoms with E-state index in [0.717, 1.165) is 10.9 Å². The number of carboxylic acids is 1. The highest BCUT2D eigenvalue weighted by Crippen LogP contribution is 2.16. The number of aromatic nitrogens is 1. The number of aryl methyl sites for hydroxylation is 1. The van der Waals surface area contributed by atoms with Crippen molar-refractivity contribution in [3.63, 3.8) is 0 Å². The molecule has 0 aliphatic rings. The number of benzene rings is 1. The SMILES string of the molecule is Cc1cc(C(=O)[O-])nc2ccccc12. The third kappa shape index (κ3) is 1.33. The first-order chi connectivity index (χ1) is 6.68. The molecule has 3 heteroatoms. The van der Waals surface area contributed by atoms with Crippen LogP contribution in [0.2, 0.25) is 0 Å². The average molecular weight is 186 g/mol. The van der Waals surface area contributed by atoms with Crippen LogP contribution >= 0.6 is 0 Å². The molecule has 0 saturated heterocycles. The minimum absolute atomic E-state index is 0.0128. The Morgan fingerprint density at radius 3 is 2.79 bits per heavy atom. The van der Waals surface area contributed by atoms with Crippen LogP contribution in [-0.4, -0.2) is 11.0 Å². The molecule has 70 valence electrons. The van der Waals surface area contributed by atoms with E-state index in [1.807, 2.05) is 25.1 Å². The first kappa shape index (κ1) is 8.69. The van der Waals surface area contributed by atoms with Gasteiger partial charge in [-0.05, 0) is 24.6 Å². The summed E-state index contributed by atoms with van der Waals surface area (Å²) in [6, 6.07) is 8.95. The minimum Gasteiger partial charge on any atom is -0.543 e. The number of pyridine rings is 1. The number of aromatic carboxylic acids is 1. The minimum atomic E-state index is -1.24. The van der Waals surface area contributed by atoms with Crippen molar-refractivity contribution in [3.05, 3.63) is 41.6 Å². The van der Waals surface area contributed by atoms with Gasteiger partial charge in [-0.1, -0.05) is 18.2 Å². The summed E-state index contributed by atoms with van der Waals surface area (Å²) in [5, 5.41) is 11.6. The second-order valence-electron chi connectivity index (χ2n) is 3.13. The van der Waals surface area contributed by atoms with E-state index in [4.69, 9.17) is 0 Å². The van der Waals surface area contributed by atoms with Crippen LogP contribution in [0.5, 0.6) is 0 Å². The fourth-order valence-electron chi connectivity index (χ4n) is 1.45. The summed E-state index contributed by atoms with van der Waals surface area (Å²) in [5.41, 5.74) is 1.57. The van der Waals surface area contributed by atoms with Crippen molar-refractivity contribution in [3.8, 4) is 0 Å². The van der Waals surface area contributed by atoms with Crippen LogP contribution in [-0.2, 0) is 0 Å². The Balaban J connectivity index is 2.78. The first-order valence-electron chi connectivity index (χ1n) is 4.26. The zero-order valence-corrected chi connectivity index (χ0v) is 7.65. The maximum atomic E-state index is 10.6. The molecule has 0 spiro atoms. The summed E-state index contributed by atoms with van der Waals surface area (Å²) in [6.07, 6.45) is 0. The van der Waals surface area contributed by atoms with E-state index in [0.29, 0.717) is 5.52 Å². The molecule has 0 bridgehead atoms. The number of carboxylic acid groups (broad SMARTS) is 1. The van der Waals surface area contributed by atoms with Crippen molar-refractivity contribution in [1.82, 2.24) is 4.98 Å².